The number of carbonyl (C=O) groups excluding carboxylic acids is 1. The fraction of sp³-hybridized carbons (Fsp3) is 0.757. The molecule has 2 unspecified atom stereocenters. The van der Waals surface area contributed by atoms with Gasteiger partial charge in [-0.2, -0.15) is 5.10 Å². The molecule has 2 aliphatic heterocycles. The maximum atomic E-state index is 12.9. The molecule has 2 saturated carbocycles. The lowest BCUT2D eigenvalue weighted by Crippen LogP contribution is -2.48. The van der Waals surface area contributed by atoms with Crippen molar-refractivity contribution in [2.75, 3.05) is 66.7 Å². The fourth-order valence-corrected chi connectivity index (χ4v) is 8.43. The van der Waals surface area contributed by atoms with Crippen LogP contribution in [0.2, 0.25) is 0 Å². The second-order valence-corrected chi connectivity index (χ2v) is 14.6. The van der Waals surface area contributed by atoms with Crippen molar-refractivity contribution in [2.24, 2.45) is 29.4 Å². The molecule has 270 valence electrons. The molecule has 0 radical (unpaired) electrons. The Balaban J connectivity index is 0.000000246. The van der Waals surface area contributed by atoms with Crippen molar-refractivity contribution >= 4 is 18.3 Å². The SMILES string of the molecule is COCC1CCCN(C[C@@H]2CCCC[C@H]2N)C1.COCC1CCCN(C[C@@H]2CCCC[C@H]2NC(=O)c2ccc(-n3cccn3)nc2)C1.Cl. The Morgan fingerprint density at radius 1 is 0.854 bits per heavy atom. The molecule has 10 nitrogen and oxygen atoms in total. The van der Waals surface area contributed by atoms with E-state index < -0.39 is 0 Å². The lowest BCUT2D eigenvalue weighted by molar-refractivity contribution is 0.0697. The smallest absolute Gasteiger partial charge is 0.253 e. The van der Waals surface area contributed by atoms with Gasteiger partial charge >= 0.3 is 0 Å². The maximum Gasteiger partial charge on any atom is 0.253 e. The van der Waals surface area contributed by atoms with Crippen molar-refractivity contribution in [3.8, 4) is 5.82 Å². The quantitative estimate of drug-likeness (QED) is 0.332. The molecule has 0 bridgehead atoms. The van der Waals surface area contributed by atoms with E-state index in [0.717, 1.165) is 51.1 Å². The molecule has 3 N–H and O–H groups in total. The number of nitrogens with two attached hydrogens (primary N) is 1. The Labute approximate surface area is 295 Å². The van der Waals surface area contributed by atoms with Crippen LogP contribution in [0.25, 0.3) is 5.82 Å². The maximum absolute atomic E-state index is 12.9. The molecule has 11 heteroatoms. The third kappa shape index (κ3) is 11.8. The van der Waals surface area contributed by atoms with Gasteiger partial charge in [0.25, 0.3) is 5.91 Å². The van der Waals surface area contributed by atoms with Crippen LogP contribution in [0, 0.1) is 23.7 Å². The van der Waals surface area contributed by atoms with Crippen molar-refractivity contribution in [2.45, 2.75) is 89.1 Å². The molecule has 2 aliphatic carbocycles. The van der Waals surface area contributed by atoms with Gasteiger partial charge < -0.3 is 30.3 Å². The lowest BCUT2D eigenvalue weighted by Gasteiger charge is -2.39. The monoisotopic (exact) mass is 687 g/mol. The van der Waals surface area contributed by atoms with Crippen LogP contribution in [-0.2, 0) is 9.47 Å². The van der Waals surface area contributed by atoms with Crippen LogP contribution in [-0.4, -0.2) is 109 Å². The number of carbonyl (C=O) groups is 1. The Hall–Kier alpha value is -2.08. The predicted molar refractivity (Wildman–Crippen MR) is 194 cm³/mol. The highest BCUT2D eigenvalue weighted by molar-refractivity contribution is 5.94. The Kier molecular flexibility index (Phi) is 16.6. The van der Waals surface area contributed by atoms with E-state index in [1.165, 1.54) is 90.3 Å². The summed E-state index contributed by atoms with van der Waals surface area (Å²) in [7, 11) is 3.61. The molecule has 4 fully saturated rings. The number of pyridine rings is 1. The highest BCUT2D eigenvalue weighted by Gasteiger charge is 2.31. The number of nitrogens with one attached hydrogen (secondary N) is 1. The molecule has 48 heavy (non-hydrogen) atoms. The van der Waals surface area contributed by atoms with Gasteiger partial charge in [0.2, 0.25) is 0 Å². The molecule has 2 aromatic heterocycles. The first-order valence-electron chi connectivity index (χ1n) is 18.5. The van der Waals surface area contributed by atoms with Crippen LogP contribution in [0.3, 0.4) is 0 Å². The summed E-state index contributed by atoms with van der Waals surface area (Å²) in [5.74, 6) is 3.32. The Morgan fingerprint density at radius 2 is 1.48 bits per heavy atom. The summed E-state index contributed by atoms with van der Waals surface area (Å²) in [5.41, 5.74) is 6.84. The van der Waals surface area contributed by atoms with Gasteiger partial charge in [-0.3, -0.25) is 4.79 Å². The third-order valence-electron chi connectivity index (χ3n) is 10.9. The van der Waals surface area contributed by atoms with E-state index in [2.05, 4.69) is 25.2 Å². The topological polar surface area (TPSA) is 111 Å². The van der Waals surface area contributed by atoms with E-state index >= 15 is 0 Å². The van der Waals surface area contributed by atoms with E-state index in [1.807, 2.05) is 31.5 Å². The summed E-state index contributed by atoms with van der Waals surface area (Å²) >= 11 is 0. The number of nitrogens with zero attached hydrogens (tertiary/aromatic N) is 5. The molecular formula is C37H62ClN7O3. The molecular weight excluding hydrogens is 626 g/mol. The minimum Gasteiger partial charge on any atom is -0.384 e. The molecule has 4 aliphatic rings. The number of ether oxygens (including phenoxy) is 2. The van der Waals surface area contributed by atoms with Crippen LogP contribution in [0.1, 0.15) is 87.4 Å². The second-order valence-electron chi connectivity index (χ2n) is 14.6. The number of hydrogen-bond donors (Lipinski definition) is 2. The van der Waals surface area contributed by atoms with Crippen LogP contribution in [0.15, 0.2) is 36.8 Å². The van der Waals surface area contributed by atoms with E-state index in [-0.39, 0.29) is 24.4 Å². The Bertz CT molecular complexity index is 1170. The first kappa shape index (κ1) is 38.7. The number of methoxy groups -OCH3 is 2. The first-order valence-corrected chi connectivity index (χ1v) is 18.5. The molecule has 1 amide bonds. The first-order chi connectivity index (χ1) is 23.0. The standard InChI is InChI=1S/C23H33N5O2.C14H28N2O.ClH/c1-30-17-18-6-4-12-27(15-18)16-20-7-2-3-8-21(20)26-23(29)19-9-10-22(24-14-19)28-13-5-11-25-28;1-17-11-12-5-4-8-16(9-12)10-13-6-2-3-7-14(13)15;/h5,9-11,13-14,18,20-21H,2-4,6-8,12,15-17H2,1H3,(H,26,29);12-14H,2-11,15H2,1H3;1H/t18?,20-,21+;12?,13-,14+;/m00./s1. The van der Waals surface area contributed by atoms with E-state index in [1.54, 1.807) is 24.2 Å². The molecule has 6 atom stereocenters. The summed E-state index contributed by atoms with van der Waals surface area (Å²) < 4.78 is 12.4. The van der Waals surface area contributed by atoms with Gasteiger partial charge in [0.05, 0.1) is 18.8 Å². The van der Waals surface area contributed by atoms with Gasteiger partial charge in [0.15, 0.2) is 5.82 Å². The van der Waals surface area contributed by atoms with Gasteiger partial charge in [0, 0.05) is 71.1 Å². The number of hydrogen-bond acceptors (Lipinski definition) is 8. The molecule has 2 saturated heterocycles. The van der Waals surface area contributed by atoms with Crippen LogP contribution in [0.5, 0.6) is 0 Å². The molecule has 0 spiro atoms. The second kappa shape index (κ2) is 20.6. The number of halogens is 1. The Morgan fingerprint density at radius 3 is 2.06 bits per heavy atom. The third-order valence-corrected chi connectivity index (χ3v) is 10.9. The molecule has 2 aromatic rings. The van der Waals surface area contributed by atoms with Crippen molar-refractivity contribution in [1.82, 2.24) is 29.9 Å². The molecule has 6 rings (SSSR count). The van der Waals surface area contributed by atoms with Gasteiger partial charge in [-0.25, -0.2) is 9.67 Å². The average molecular weight is 688 g/mol. The summed E-state index contributed by atoms with van der Waals surface area (Å²) in [6, 6.07) is 6.21. The van der Waals surface area contributed by atoms with Crippen molar-refractivity contribution in [3.05, 3.63) is 42.4 Å². The number of piperidine rings is 2. The van der Waals surface area contributed by atoms with Gasteiger partial charge in [0.1, 0.15) is 0 Å². The van der Waals surface area contributed by atoms with Crippen molar-refractivity contribution in [3.63, 3.8) is 0 Å². The summed E-state index contributed by atoms with van der Waals surface area (Å²) in [5, 5.41) is 7.49. The van der Waals surface area contributed by atoms with Gasteiger partial charge in [-0.05, 0) is 106 Å². The van der Waals surface area contributed by atoms with E-state index in [0.29, 0.717) is 29.3 Å². The summed E-state index contributed by atoms with van der Waals surface area (Å²) in [4.78, 5) is 22.5. The van der Waals surface area contributed by atoms with Crippen LogP contribution in [0.4, 0.5) is 0 Å². The number of rotatable bonds is 11. The fourth-order valence-electron chi connectivity index (χ4n) is 8.43. The highest BCUT2D eigenvalue weighted by Crippen LogP contribution is 2.28. The molecule has 4 heterocycles. The number of aromatic nitrogens is 3. The van der Waals surface area contributed by atoms with E-state index in [9.17, 15) is 4.79 Å². The van der Waals surface area contributed by atoms with Crippen molar-refractivity contribution < 1.29 is 14.3 Å². The summed E-state index contributed by atoms with van der Waals surface area (Å²) in [6.07, 6.45) is 20.3. The normalized spacial score (nSPS) is 28.5. The lowest BCUT2D eigenvalue weighted by atomic mass is 9.83. The minimum absolute atomic E-state index is 0. The number of likely N-dealkylation sites (tertiary alicyclic amines) is 2. The van der Waals surface area contributed by atoms with E-state index in [4.69, 9.17) is 15.2 Å². The zero-order valence-electron chi connectivity index (χ0n) is 29.5. The van der Waals surface area contributed by atoms with Crippen LogP contribution < -0.4 is 11.1 Å². The predicted octanol–water partition coefficient (Wildman–Crippen LogP) is 5.20. The average Bonchev–Trinajstić information content (AvgIpc) is 3.63. The highest BCUT2D eigenvalue weighted by atomic mass is 35.5. The van der Waals surface area contributed by atoms with Crippen molar-refractivity contribution in [1.29, 1.82) is 0 Å². The van der Waals surface area contributed by atoms with Gasteiger partial charge in [-0.1, -0.05) is 25.7 Å². The summed E-state index contributed by atoms with van der Waals surface area (Å²) in [6.45, 7) is 8.83. The largest absolute Gasteiger partial charge is 0.384 e. The minimum atomic E-state index is -0.0256. The zero-order chi connectivity index (χ0) is 32.8. The van der Waals surface area contributed by atoms with Crippen LogP contribution >= 0.6 is 12.4 Å². The van der Waals surface area contributed by atoms with Gasteiger partial charge in [-0.15, -0.1) is 12.4 Å². The molecule has 0 aromatic carbocycles. The number of amides is 1. The zero-order valence-corrected chi connectivity index (χ0v) is 30.3.